The van der Waals surface area contributed by atoms with Crippen molar-refractivity contribution in [2.75, 3.05) is 40.9 Å². The van der Waals surface area contributed by atoms with Crippen molar-refractivity contribution in [1.29, 1.82) is 0 Å². The van der Waals surface area contributed by atoms with E-state index in [1.807, 2.05) is 27.2 Å². The summed E-state index contributed by atoms with van der Waals surface area (Å²) in [4.78, 5) is 23.2. The summed E-state index contributed by atoms with van der Waals surface area (Å²) in [5, 5.41) is 13.9. The smallest absolute Gasteiger partial charge is 0.387 e. The van der Waals surface area contributed by atoms with E-state index in [0.717, 1.165) is 38.5 Å². The Bertz CT molecular complexity index is 1140. The fraction of sp³-hybridized carbons (Fsp3) is 0.873. The van der Waals surface area contributed by atoms with Crippen LogP contribution in [0.15, 0.2) is 36.5 Å². The van der Waals surface area contributed by atoms with Crippen LogP contribution >= 0.6 is 7.82 Å². The van der Waals surface area contributed by atoms with E-state index >= 15 is 0 Å². The minimum absolute atomic E-state index is 0.0558. The van der Waals surface area contributed by atoms with Gasteiger partial charge in [0.05, 0.1) is 39.9 Å². The largest absolute Gasteiger partial charge is 0.472 e. The molecular weight excluding hydrogens is 816 g/mol. The molecule has 0 saturated heterocycles. The van der Waals surface area contributed by atoms with Gasteiger partial charge in [0.2, 0.25) is 5.91 Å². The molecule has 0 rings (SSSR count). The number of carbonyl (C=O) groups is 1. The van der Waals surface area contributed by atoms with E-state index in [1.54, 1.807) is 6.08 Å². The lowest BCUT2D eigenvalue weighted by molar-refractivity contribution is -0.870. The first kappa shape index (κ1) is 62.7. The number of hydrogen-bond donors (Lipinski definition) is 3. The van der Waals surface area contributed by atoms with Gasteiger partial charge in [-0.2, -0.15) is 0 Å². The van der Waals surface area contributed by atoms with Gasteiger partial charge >= 0.3 is 7.82 Å². The molecule has 0 aromatic heterocycles. The molecular formula is C55H108N2O6P+. The molecule has 0 saturated carbocycles. The average Bonchev–Trinajstić information content (AvgIpc) is 3.25. The zero-order valence-electron chi connectivity index (χ0n) is 43.0. The molecule has 3 N–H and O–H groups in total. The van der Waals surface area contributed by atoms with Gasteiger partial charge in [0, 0.05) is 6.42 Å². The predicted octanol–water partition coefficient (Wildman–Crippen LogP) is 16.2. The zero-order chi connectivity index (χ0) is 47.1. The molecule has 0 bridgehead atoms. The highest BCUT2D eigenvalue weighted by molar-refractivity contribution is 7.47. The number of amides is 1. The van der Waals surface area contributed by atoms with Gasteiger partial charge in [-0.25, -0.2) is 4.57 Å². The lowest BCUT2D eigenvalue weighted by Gasteiger charge is -2.25. The Balaban J connectivity index is 4.28. The Kier molecular flexibility index (Phi) is 45.9. The second-order valence-electron chi connectivity index (χ2n) is 19.9. The summed E-state index contributed by atoms with van der Waals surface area (Å²) in [7, 11) is 1.56. The van der Waals surface area contributed by atoms with Gasteiger partial charge in [0.15, 0.2) is 0 Å². The molecule has 0 fully saturated rings. The molecule has 0 aliphatic carbocycles. The Labute approximate surface area is 397 Å². The van der Waals surface area contributed by atoms with Gasteiger partial charge in [-0.1, -0.05) is 230 Å². The number of quaternary nitrogens is 1. The monoisotopic (exact) mass is 924 g/mol. The van der Waals surface area contributed by atoms with Crippen LogP contribution in [0.2, 0.25) is 0 Å². The van der Waals surface area contributed by atoms with Crippen LogP contribution in [0.5, 0.6) is 0 Å². The fourth-order valence-corrected chi connectivity index (χ4v) is 8.73. The number of rotatable bonds is 50. The number of nitrogens with one attached hydrogen (secondary N) is 1. The molecule has 0 aromatic rings. The maximum atomic E-state index is 12.9. The number of nitrogens with zero attached hydrogens (tertiary/aromatic N) is 1. The highest BCUT2D eigenvalue weighted by atomic mass is 31.2. The van der Waals surface area contributed by atoms with Gasteiger partial charge in [-0.15, -0.1) is 0 Å². The number of aliphatic hydroxyl groups is 1. The normalized spacial score (nSPS) is 14.3. The quantitative estimate of drug-likeness (QED) is 0.0243. The number of aliphatic hydroxyl groups excluding tert-OH is 1. The second-order valence-corrected chi connectivity index (χ2v) is 21.4. The van der Waals surface area contributed by atoms with Gasteiger partial charge in [-0.05, 0) is 57.8 Å². The number of carbonyl (C=O) groups excluding carboxylic acids is 1. The van der Waals surface area contributed by atoms with Crippen molar-refractivity contribution in [3.05, 3.63) is 36.5 Å². The molecule has 0 heterocycles. The van der Waals surface area contributed by atoms with Crippen LogP contribution in [0.1, 0.15) is 258 Å². The van der Waals surface area contributed by atoms with Gasteiger partial charge in [-0.3, -0.25) is 13.8 Å². The Morgan fingerprint density at radius 2 is 0.859 bits per heavy atom. The van der Waals surface area contributed by atoms with Crippen LogP contribution < -0.4 is 5.32 Å². The third kappa shape index (κ3) is 48.6. The second kappa shape index (κ2) is 46.8. The molecule has 8 nitrogen and oxygen atoms in total. The number of unbranched alkanes of at least 4 members (excludes halogenated alkanes) is 33. The topological polar surface area (TPSA) is 105 Å². The van der Waals surface area contributed by atoms with Crippen LogP contribution in [0.25, 0.3) is 0 Å². The number of likely N-dealkylation sites (N-methyl/N-ethyl adjacent to an activating group) is 1. The minimum atomic E-state index is -4.35. The number of hydrogen-bond acceptors (Lipinski definition) is 5. The van der Waals surface area contributed by atoms with E-state index in [4.69, 9.17) is 9.05 Å². The molecule has 0 aromatic carbocycles. The first-order valence-electron chi connectivity index (χ1n) is 27.4. The Morgan fingerprint density at radius 1 is 0.516 bits per heavy atom. The number of phosphoric ester groups is 1. The molecule has 0 radical (unpaired) electrons. The summed E-state index contributed by atoms with van der Waals surface area (Å²) < 4.78 is 23.7. The summed E-state index contributed by atoms with van der Waals surface area (Å²) in [5.74, 6) is -0.190. The van der Waals surface area contributed by atoms with E-state index in [1.165, 1.54) is 199 Å². The third-order valence-corrected chi connectivity index (χ3v) is 13.3. The Morgan fingerprint density at radius 3 is 1.25 bits per heavy atom. The van der Waals surface area contributed by atoms with Crippen LogP contribution in [0.4, 0.5) is 0 Å². The standard InChI is InChI=1S/C55H107N2O6P/c1-6-8-10-12-14-16-18-20-22-24-25-26-27-28-29-30-31-33-34-36-38-40-42-44-46-48-54(58)53(52-63-64(60,61)62-51-50-57(3,4)5)56-55(59)49-47-45-43-41-39-37-35-32-23-21-19-17-15-13-11-9-7-2/h21,23,38,40,46,48,53-54,58H,6-20,22,24-37,39,41-45,47,49-52H2,1-5H3,(H-,56,59,60,61)/p+1/b23-21-,40-38+,48-46+. The molecule has 9 heteroatoms. The van der Waals surface area contributed by atoms with Crippen LogP contribution in [0.3, 0.4) is 0 Å². The summed E-state index contributed by atoms with van der Waals surface area (Å²) >= 11 is 0. The summed E-state index contributed by atoms with van der Waals surface area (Å²) in [6, 6.07) is -0.865. The first-order valence-corrected chi connectivity index (χ1v) is 28.9. The molecule has 378 valence electrons. The van der Waals surface area contributed by atoms with E-state index in [0.29, 0.717) is 17.4 Å². The van der Waals surface area contributed by atoms with E-state index in [2.05, 4.69) is 43.5 Å². The summed E-state index contributed by atoms with van der Waals surface area (Å²) in [6.07, 6.45) is 59.6. The molecule has 1 amide bonds. The van der Waals surface area contributed by atoms with Crippen LogP contribution in [-0.2, 0) is 18.4 Å². The van der Waals surface area contributed by atoms with Crippen LogP contribution in [-0.4, -0.2) is 73.4 Å². The number of phosphoric acid groups is 1. The van der Waals surface area contributed by atoms with Crippen molar-refractivity contribution in [1.82, 2.24) is 5.32 Å². The maximum absolute atomic E-state index is 12.9. The van der Waals surface area contributed by atoms with E-state index in [9.17, 15) is 19.4 Å². The van der Waals surface area contributed by atoms with E-state index < -0.39 is 20.0 Å². The summed E-state index contributed by atoms with van der Waals surface area (Å²) in [6.45, 7) is 4.81. The lowest BCUT2D eigenvalue weighted by atomic mass is 10.0. The van der Waals surface area contributed by atoms with Crippen LogP contribution in [0, 0.1) is 0 Å². The third-order valence-electron chi connectivity index (χ3n) is 12.3. The molecule has 3 unspecified atom stereocenters. The van der Waals surface area contributed by atoms with Crippen molar-refractivity contribution < 1.29 is 32.9 Å². The molecule has 0 aliphatic rings. The molecule has 0 aliphatic heterocycles. The molecule has 3 atom stereocenters. The maximum Gasteiger partial charge on any atom is 0.472 e. The average molecular weight is 924 g/mol. The van der Waals surface area contributed by atoms with Crippen molar-refractivity contribution in [3.63, 3.8) is 0 Å². The summed E-state index contributed by atoms with van der Waals surface area (Å²) in [5.41, 5.74) is 0. The zero-order valence-corrected chi connectivity index (χ0v) is 43.9. The predicted molar refractivity (Wildman–Crippen MR) is 277 cm³/mol. The van der Waals surface area contributed by atoms with Crippen molar-refractivity contribution in [2.45, 2.75) is 270 Å². The molecule has 64 heavy (non-hydrogen) atoms. The van der Waals surface area contributed by atoms with E-state index in [-0.39, 0.29) is 19.1 Å². The highest BCUT2D eigenvalue weighted by Crippen LogP contribution is 2.43. The van der Waals surface area contributed by atoms with Gasteiger partial charge in [0.25, 0.3) is 0 Å². The first-order chi connectivity index (χ1) is 31.0. The van der Waals surface area contributed by atoms with Gasteiger partial charge < -0.3 is 19.8 Å². The minimum Gasteiger partial charge on any atom is -0.387 e. The van der Waals surface area contributed by atoms with Crippen molar-refractivity contribution >= 4 is 13.7 Å². The van der Waals surface area contributed by atoms with Gasteiger partial charge in [0.1, 0.15) is 13.2 Å². The lowest BCUT2D eigenvalue weighted by Crippen LogP contribution is -2.45. The van der Waals surface area contributed by atoms with Crippen molar-refractivity contribution in [2.24, 2.45) is 0 Å². The molecule has 0 spiro atoms. The Hall–Kier alpha value is -1.28. The highest BCUT2D eigenvalue weighted by Gasteiger charge is 2.27. The SMILES string of the molecule is CCCCCCCC/C=C\CCCCCCCCCC(=O)NC(COP(=O)(O)OCC[N+](C)(C)C)C(O)/C=C/CC/C=C/CCCCCCCCCCCCCCCCCCCCC. The number of allylic oxidation sites excluding steroid dienone is 5. The van der Waals surface area contributed by atoms with Crippen molar-refractivity contribution in [3.8, 4) is 0 Å². The fourth-order valence-electron chi connectivity index (χ4n) is 7.99.